The summed E-state index contributed by atoms with van der Waals surface area (Å²) in [5.74, 6) is 0.583. The van der Waals surface area contributed by atoms with Crippen molar-refractivity contribution >= 4 is 33.5 Å². The Morgan fingerprint density at radius 3 is 2.55 bits per heavy atom. The number of hydrogen-bond acceptors (Lipinski definition) is 4. The topological polar surface area (TPSA) is 72.5 Å². The molecule has 2 heterocycles. The summed E-state index contributed by atoms with van der Waals surface area (Å²) >= 11 is 0. The van der Waals surface area contributed by atoms with E-state index < -0.39 is 5.63 Å². The fourth-order valence-electron chi connectivity index (χ4n) is 4.35. The zero-order valence-electron chi connectivity index (χ0n) is 15.8. The van der Waals surface area contributed by atoms with E-state index >= 15 is 0 Å². The van der Waals surface area contributed by atoms with E-state index in [0.717, 1.165) is 42.9 Å². The molecule has 4 aromatic rings. The maximum Gasteiger partial charge on any atom is 0.336 e. The first-order chi connectivity index (χ1) is 14.2. The monoisotopic (exact) mass is 385 g/mol. The van der Waals surface area contributed by atoms with Gasteiger partial charge in [0.15, 0.2) is 5.76 Å². The molecule has 5 nitrogen and oxygen atoms in total. The van der Waals surface area contributed by atoms with Crippen molar-refractivity contribution in [2.45, 2.75) is 32.1 Å². The summed E-state index contributed by atoms with van der Waals surface area (Å²) in [5, 5.41) is 4.74. The predicted octanol–water partition coefficient (Wildman–Crippen LogP) is 5.04. The second kappa shape index (κ2) is 6.08. The van der Waals surface area contributed by atoms with Crippen LogP contribution >= 0.6 is 0 Å². The number of nitrogens with one attached hydrogen (secondary N) is 1. The zero-order chi connectivity index (χ0) is 19.5. The van der Waals surface area contributed by atoms with Gasteiger partial charge in [-0.05, 0) is 67.5 Å². The Kier molecular flexibility index (Phi) is 3.48. The number of anilines is 1. The van der Waals surface area contributed by atoms with Crippen LogP contribution in [0.1, 0.15) is 30.4 Å². The number of aryl methyl sites for hydroxylation is 2. The summed E-state index contributed by atoms with van der Waals surface area (Å²) in [6.07, 6.45) is 4.97. The molecule has 6 rings (SSSR count). The third-order valence-electron chi connectivity index (χ3n) is 5.99. The number of fused-ring (bicyclic) bond motifs is 3. The minimum Gasteiger partial charge on any atom is -0.454 e. The molecule has 0 saturated heterocycles. The van der Waals surface area contributed by atoms with Crippen molar-refractivity contribution in [2.24, 2.45) is 5.92 Å². The molecule has 29 heavy (non-hydrogen) atoms. The molecule has 144 valence electrons. The maximum atomic E-state index is 12.6. The van der Waals surface area contributed by atoms with Gasteiger partial charge in [0.25, 0.3) is 0 Å². The van der Waals surface area contributed by atoms with Crippen LogP contribution < -0.4 is 10.9 Å². The van der Waals surface area contributed by atoms with Gasteiger partial charge in [0.1, 0.15) is 11.2 Å². The Morgan fingerprint density at radius 1 is 0.931 bits per heavy atom. The average molecular weight is 385 g/mol. The minimum atomic E-state index is -0.426. The molecule has 2 aliphatic rings. The number of carbonyl (C=O) groups excluding carboxylic acids is 1. The van der Waals surface area contributed by atoms with Crippen LogP contribution in [0.3, 0.4) is 0 Å². The lowest BCUT2D eigenvalue weighted by Crippen LogP contribution is -2.13. The van der Waals surface area contributed by atoms with Gasteiger partial charge in [0.2, 0.25) is 5.91 Å². The smallest absolute Gasteiger partial charge is 0.336 e. The van der Waals surface area contributed by atoms with Crippen LogP contribution in [0.15, 0.2) is 56.1 Å². The molecule has 2 aliphatic carbocycles. The van der Waals surface area contributed by atoms with E-state index in [1.165, 1.54) is 17.2 Å². The van der Waals surface area contributed by atoms with Crippen LogP contribution in [-0.2, 0) is 17.6 Å². The summed E-state index contributed by atoms with van der Waals surface area (Å²) in [4.78, 5) is 24.9. The van der Waals surface area contributed by atoms with E-state index in [0.29, 0.717) is 28.2 Å². The van der Waals surface area contributed by atoms with Crippen molar-refractivity contribution in [1.82, 2.24) is 0 Å². The molecule has 0 aliphatic heterocycles. The van der Waals surface area contributed by atoms with Crippen molar-refractivity contribution in [3.05, 3.63) is 64.0 Å². The zero-order valence-corrected chi connectivity index (χ0v) is 15.8. The lowest BCUT2D eigenvalue weighted by molar-refractivity contribution is -0.117. The van der Waals surface area contributed by atoms with Gasteiger partial charge in [0.05, 0.1) is 5.69 Å². The Bertz CT molecular complexity index is 1360. The van der Waals surface area contributed by atoms with Crippen molar-refractivity contribution in [1.29, 1.82) is 0 Å². The van der Waals surface area contributed by atoms with E-state index in [2.05, 4.69) is 11.4 Å². The summed E-state index contributed by atoms with van der Waals surface area (Å²) in [6, 6.07) is 13.2. The highest BCUT2D eigenvalue weighted by Gasteiger charge is 2.31. The standard InChI is InChI=1S/C24H19NO4/c26-21-12-18(17-10-14-4-3-5-15(14)11-20(17)28-21)23-22(25-24(27)13-8-9-13)16-6-1-2-7-19(16)29-23/h1-2,6-7,10-13H,3-5,8-9H2,(H,25,27). The van der Waals surface area contributed by atoms with E-state index in [1.54, 1.807) is 0 Å². The fourth-order valence-corrected chi connectivity index (χ4v) is 4.35. The van der Waals surface area contributed by atoms with Gasteiger partial charge >= 0.3 is 5.63 Å². The van der Waals surface area contributed by atoms with Crippen molar-refractivity contribution in [3.63, 3.8) is 0 Å². The summed E-state index contributed by atoms with van der Waals surface area (Å²) in [5.41, 5.74) is 4.63. The first kappa shape index (κ1) is 16.6. The van der Waals surface area contributed by atoms with Crippen LogP contribution in [-0.4, -0.2) is 5.91 Å². The first-order valence-electron chi connectivity index (χ1n) is 10.1. The number of carbonyl (C=O) groups is 1. The van der Waals surface area contributed by atoms with E-state index in [1.807, 2.05) is 30.3 Å². The van der Waals surface area contributed by atoms with Crippen molar-refractivity contribution in [3.8, 4) is 11.3 Å². The quantitative estimate of drug-likeness (QED) is 0.501. The number of hydrogen-bond donors (Lipinski definition) is 1. The Labute approximate surface area is 166 Å². The van der Waals surface area contributed by atoms with Crippen molar-refractivity contribution < 1.29 is 13.6 Å². The Balaban J connectivity index is 1.62. The highest BCUT2D eigenvalue weighted by Crippen LogP contribution is 2.42. The van der Waals surface area contributed by atoms with Gasteiger partial charge < -0.3 is 14.2 Å². The molecule has 0 unspecified atom stereocenters. The predicted molar refractivity (Wildman–Crippen MR) is 111 cm³/mol. The largest absolute Gasteiger partial charge is 0.454 e. The van der Waals surface area contributed by atoms with Gasteiger partial charge in [-0.3, -0.25) is 4.79 Å². The van der Waals surface area contributed by atoms with Crippen molar-refractivity contribution in [2.75, 3.05) is 5.32 Å². The van der Waals surface area contributed by atoms with Crippen LogP contribution in [0.4, 0.5) is 5.69 Å². The van der Waals surface area contributed by atoms with E-state index in [-0.39, 0.29) is 11.8 Å². The van der Waals surface area contributed by atoms with E-state index in [9.17, 15) is 9.59 Å². The SMILES string of the molecule is O=C(Nc1c(-c2cc(=O)oc3cc4c(cc23)CCC4)oc2ccccc12)C1CC1. The molecule has 2 aromatic heterocycles. The van der Waals surface area contributed by atoms with E-state index in [4.69, 9.17) is 8.83 Å². The third kappa shape index (κ3) is 2.69. The maximum absolute atomic E-state index is 12.6. The number of rotatable bonds is 3. The fraction of sp³-hybridized carbons (Fsp3) is 0.250. The lowest BCUT2D eigenvalue weighted by atomic mass is 10.0. The molecule has 2 aromatic carbocycles. The number of para-hydroxylation sites is 1. The Hall–Kier alpha value is -3.34. The van der Waals surface area contributed by atoms with Crippen LogP contribution in [0.25, 0.3) is 33.3 Å². The molecule has 5 heteroatoms. The van der Waals surface area contributed by atoms with Crippen LogP contribution in [0.5, 0.6) is 0 Å². The molecule has 1 N–H and O–H groups in total. The molecule has 0 radical (unpaired) electrons. The van der Waals surface area contributed by atoms with Crippen LogP contribution in [0.2, 0.25) is 0 Å². The lowest BCUT2D eigenvalue weighted by Gasteiger charge is -2.09. The minimum absolute atomic E-state index is 0.00552. The third-order valence-corrected chi connectivity index (χ3v) is 5.99. The molecule has 0 bridgehead atoms. The highest BCUT2D eigenvalue weighted by molar-refractivity contribution is 6.10. The van der Waals surface area contributed by atoms with Gasteiger partial charge in [-0.1, -0.05) is 12.1 Å². The second-order valence-electron chi connectivity index (χ2n) is 8.02. The summed E-state index contributed by atoms with van der Waals surface area (Å²) in [6.45, 7) is 0. The van der Waals surface area contributed by atoms with Gasteiger partial charge in [0, 0.05) is 28.3 Å². The Morgan fingerprint density at radius 2 is 1.72 bits per heavy atom. The normalized spacial score (nSPS) is 15.7. The van der Waals surface area contributed by atoms with Gasteiger partial charge in [-0.2, -0.15) is 0 Å². The molecule has 0 atom stereocenters. The number of furan rings is 1. The van der Waals surface area contributed by atoms with Gasteiger partial charge in [-0.15, -0.1) is 0 Å². The summed E-state index contributed by atoms with van der Waals surface area (Å²) < 4.78 is 11.7. The van der Waals surface area contributed by atoms with Crippen LogP contribution in [0, 0.1) is 5.92 Å². The average Bonchev–Trinajstić information content (AvgIpc) is 3.38. The first-order valence-corrected chi connectivity index (χ1v) is 10.1. The molecule has 1 saturated carbocycles. The second-order valence-corrected chi connectivity index (χ2v) is 8.02. The molecular formula is C24H19NO4. The molecule has 1 fully saturated rings. The highest BCUT2D eigenvalue weighted by atomic mass is 16.4. The molecule has 1 amide bonds. The van der Waals surface area contributed by atoms with Gasteiger partial charge in [-0.25, -0.2) is 4.79 Å². The molecule has 0 spiro atoms. The molecular weight excluding hydrogens is 366 g/mol. The summed E-state index contributed by atoms with van der Waals surface area (Å²) in [7, 11) is 0. The number of amides is 1. The number of benzene rings is 2.